The van der Waals surface area contributed by atoms with E-state index < -0.39 is 0 Å². The van der Waals surface area contributed by atoms with Crippen LogP contribution in [0.3, 0.4) is 0 Å². The van der Waals surface area contributed by atoms with E-state index in [2.05, 4.69) is 11.4 Å². The number of nitrogens with two attached hydrogens (primary N) is 1. The number of nitrogen functional groups attached to an aromatic ring is 1. The zero-order valence-corrected chi connectivity index (χ0v) is 11.6. The van der Waals surface area contributed by atoms with E-state index in [9.17, 15) is 4.79 Å². The van der Waals surface area contributed by atoms with Crippen molar-refractivity contribution in [3.63, 3.8) is 0 Å². The van der Waals surface area contributed by atoms with Gasteiger partial charge in [0.1, 0.15) is 6.10 Å². The van der Waals surface area contributed by atoms with E-state index in [1.54, 1.807) is 0 Å². The van der Waals surface area contributed by atoms with Crippen LogP contribution in [0.4, 0.5) is 11.4 Å². The zero-order chi connectivity index (χ0) is 13.8. The van der Waals surface area contributed by atoms with Crippen LogP contribution in [-0.4, -0.2) is 18.1 Å². The van der Waals surface area contributed by atoms with Gasteiger partial charge in [0.2, 0.25) is 0 Å². The Morgan fingerprint density at radius 2 is 2.00 bits per heavy atom. The molecule has 104 valence electrons. The summed E-state index contributed by atoms with van der Waals surface area (Å²) in [5.74, 6) is -0.181. The van der Waals surface area contributed by atoms with Crippen molar-refractivity contribution >= 4 is 17.3 Å². The number of carbonyl (C=O) groups is 1. The molecule has 0 spiro atoms. The van der Waals surface area contributed by atoms with E-state index in [-0.39, 0.29) is 12.1 Å². The lowest BCUT2D eigenvalue weighted by atomic mass is 9.92. The van der Waals surface area contributed by atoms with Gasteiger partial charge in [0.15, 0.2) is 0 Å². The van der Waals surface area contributed by atoms with E-state index in [1.807, 2.05) is 19.1 Å². The molecule has 2 rings (SSSR count). The highest BCUT2D eigenvalue weighted by atomic mass is 16.5. The Kier molecular flexibility index (Phi) is 4.30. The number of hydrogen-bond donors (Lipinski definition) is 2. The quantitative estimate of drug-likeness (QED) is 0.649. The molecule has 0 aliphatic heterocycles. The van der Waals surface area contributed by atoms with E-state index in [4.69, 9.17) is 10.5 Å². The van der Waals surface area contributed by atoms with Gasteiger partial charge in [-0.2, -0.15) is 0 Å². The minimum atomic E-state index is -0.181. The first kappa shape index (κ1) is 13.7. The topological polar surface area (TPSA) is 64.3 Å². The summed E-state index contributed by atoms with van der Waals surface area (Å²) in [5, 5.41) is 3.48. The molecule has 0 saturated heterocycles. The predicted molar refractivity (Wildman–Crippen MR) is 77.0 cm³/mol. The van der Waals surface area contributed by atoms with Crippen LogP contribution in [0.2, 0.25) is 0 Å². The van der Waals surface area contributed by atoms with Gasteiger partial charge in [-0.1, -0.05) is 6.07 Å². The summed E-state index contributed by atoms with van der Waals surface area (Å²) in [6.45, 7) is 3.50. The Morgan fingerprint density at radius 3 is 2.58 bits per heavy atom. The average molecular weight is 262 g/mol. The largest absolute Gasteiger partial charge is 0.463 e. The summed E-state index contributed by atoms with van der Waals surface area (Å²) < 4.78 is 5.24. The molecule has 19 heavy (non-hydrogen) atoms. The number of anilines is 2. The number of esters is 1. The number of nitrogens with one attached hydrogen (secondary N) is 1. The summed E-state index contributed by atoms with van der Waals surface area (Å²) in [5.41, 5.74) is 8.96. The van der Waals surface area contributed by atoms with Gasteiger partial charge in [-0.25, -0.2) is 0 Å². The fraction of sp³-hybridized carbons (Fsp3) is 0.533. The second-order valence-corrected chi connectivity index (χ2v) is 5.32. The fourth-order valence-electron chi connectivity index (χ4n) is 2.59. The SMILES string of the molecule is CC(=O)O[C@H]1CC[C@H](Nc2ccc(C)cc2N)CC1. The lowest BCUT2D eigenvalue weighted by Gasteiger charge is -2.29. The average Bonchev–Trinajstić information content (AvgIpc) is 2.34. The van der Waals surface area contributed by atoms with Crippen LogP contribution in [0.25, 0.3) is 0 Å². The van der Waals surface area contributed by atoms with Crippen LogP contribution in [0.1, 0.15) is 38.2 Å². The molecule has 1 saturated carbocycles. The van der Waals surface area contributed by atoms with Crippen molar-refractivity contribution in [3.8, 4) is 0 Å². The van der Waals surface area contributed by atoms with Gasteiger partial charge in [-0.15, -0.1) is 0 Å². The second kappa shape index (κ2) is 5.95. The van der Waals surface area contributed by atoms with E-state index >= 15 is 0 Å². The molecule has 1 aromatic carbocycles. The minimum Gasteiger partial charge on any atom is -0.463 e. The Bertz CT molecular complexity index is 451. The molecule has 4 nitrogen and oxygen atoms in total. The molecule has 1 aromatic rings. The van der Waals surface area contributed by atoms with E-state index in [0.717, 1.165) is 37.1 Å². The number of hydrogen-bond acceptors (Lipinski definition) is 4. The van der Waals surface area contributed by atoms with Crippen molar-refractivity contribution in [1.82, 2.24) is 0 Å². The third kappa shape index (κ3) is 3.88. The van der Waals surface area contributed by atoms with Gasteiger partial charge >= 0.3 is 5.97 Å². The number of ether oxygens (including phenoxy) is 1. The number of rotatable bonds is 3. The molecule has 0 bridgehead atoms. The number of benzene rings is 1. The molecule has 1 fully saturated rings. The van der Waals surface area contributed by atoms with Crippen molar-refractivity contribution < 1.29 is 9.53 Å². The summed E-state index contributed by atoms with van der Waals surface area (Å²) in [7, 11) is 0. The van der Waals surface area contributed by atoms with Gasteiger partial charge in [0.05, 0.1) is 11.4 Å². The third-order valence-electron chi connectivity index (χ3n) is 3.57. The molecular weight excluding hydrogens is 240 g/mol. The monoisotopic (exact) mass is 262 g/mol. The molecule has 0 radical (unpaired) electrons. The Labute approximate surface area is 114 Å². The first-order chi connectivity index (χ1) is 9.04. The van der Waals surface area contributed by atoms with Crippen molar-refractivity contribution in [3.05, 3.63) is 23.8 Å². The Hall–Kier alpha value is -1.71. The van der Waals surface area contributed by atoms with E-state index in [0.29, 0.717) is 6.04 Å². The van der Waals surface area contributed by atoms with Gasteiger partial charge in [-0.3, -0.25) is 4.79 Å². The highest BCUT2D eigenvalue weighted by Crippen LogP contribution is 2.27. The van der Waals surface area contributed by atoms with Crippen molar-refractivity contribution in [1.29, 1.82) is 0 Å². The summed E-state index contributed by atoms with van der Waals surface area (Å²) in [6, 6.07) is 6.48. The highest BCUT2D eigenvalue weighted by Gasteiger charge is 2.23. The number of aryl methyl sites for hydroxylation is 1. The van der Waals surface area contributed by atoms with Crippen LogP contribution in [0, 0.1) is 6.92 Å². The van der Waals surface area contributed by atoms with Crippen LogP contribution < -0.4 is 11.1 Å². The predicted octanol–water partition coefficient (Wildman–Crippen LogP) is 2.86. The van der Waals surface area contributed by atoms with Crippen LogP contribution in [0.15, 0.2) is 18.2 Å². The van der Waals surface area contributed by atoms with Crippen LogP contribution in [0.5, 0.6) is 0 Å². The lowest BCUT2D eigenvalue weighted by Crippen LogP contribution is -2.30. The molecule has 1 aliphatic carbocycles. The van der Waals surface area contributed by atoms with Gasteiger partial charge in [0, 0.05) is 13.0 Å². The standard InChI is InChI=1S/C15H22N2O2/c1-10-3-8-15(14(16)9-10)17-12-4-6-13(7-5-12)19-11(2)18/h3,8-9,12-13,17H,4-7,16H2,1-2H3/t12-,13-. The maximum Gasteiger partial charge on any atom is 0.302 e. The smallest absolute Gasteiger partial charge is 0.302 e. The minimum absolute atomic E-state index is 0.0888. The van der Waals surface area contributed by atoms with Crippen LogP contribution >= 0.6 is 0 Å². The fourth-order valence-corrected chi connectivity index (χ4v) is 2.59. The first-order valence-electron chi connectivity index (χ1n) is 6.84. The number of carbonyl (C=O) groups excluding carboxylic acids is 1. The maximum absolute atomic E-state index is 10.9. The Balaban J connectivity index is 1.87. The molecule has 0 atom stereocenters. The normalized spacial score (nSPS) is 22.8. The molecule has 0 heterocycles. The third-order valence-corrected chi connectivity index (χ3v) is 3.57. The van der Waals surface area contributed by atoms with E-state index in [1.165, 1.54) is 12.5 Å². The zero-order valence-electron chi connectivity index (χ0n) is 11.6. The summed E-state index contributed by atoms with van der Waals surface area (Å²) >= 11 is 0. The summed E-state index contributed by atoms with van der Waals surface area (Å²) in [4.78, 5) is 10.9. The molecule has 0 unspecified atom stereocenters. The molecule has 4 heteroatoms. The van der Waals surface area contributed by atoms with Crippen molar-refractivity contribution in [2.24, 2.45) is 0 Å². The van der Waals surface area contributed by atoms with Gasteiger partial charge in [0.25, 0.3) is 0 Å². The van der Waals surface area contributed by atoms with Gasteiger partial charge in [-0.05, 0) is 50.3 Å². The molecule has 1 aliphatic rings. The van der Waals surface area contributed by atoms with Crippen molar-refractivity contribution in [2.75, 3.05) is 11.1 Å². The second-order valence-electron chi connectivity index (χ2n) is 5.32. The Morgan fingerprint density at radius 1 is 1.32 bits per heavy atom. The molecule has 0 aromatic heterocycles. The van der Waals surface area contributed by atoms with Gasteiger partial charge < -0.3 is 15.8 Å². The molecular formula is C15H22N2O2. The molecule has 3 N–H and O–H groups in total. The maximum atomic E-state index is 10.9. The molecule has 0 amide bonds. The van der Waals surface area contributed by atoms with Crippen LogP contribution in [-0.2, 0) is 9.53 Å². The van der Waals surface area contributed by atoms with Crippen molar-refractivity contribution in [2.45, 2.75) is 51.7 Å². The highest BCUT2D eigenvalue weighted by molar-refractivity contribution is 5.67. The first-order valence-corrected chi connectivity index (χ1v) is 6.84. The summed E-state index contributed by atoms with van der Waals surface area (Å²) in [6.07, 6.45) is 3.94. The lowest BCUT2D eigenvalue weighted by molar-refractivity contribution is -0.147.